The molecule has 0 bridgehead atoms. The highest BCUT2D eigenvalue weighted by Crippen LogP contribution is 2.22. The Morgan fingerprint density at radius 1 is 1.20 bits per heavy atom. The number of benzene rings is 1. The van der Waals surface area contributed by atoms with Gasteiger partial charge in [0.2, 0.25) is 11.9 Å². The summed E-state index contributed by atoms with van der Waals surface area (Å²) in [5.74, 6) is 1.28. The Morgan fingerprint density at radius 3 is 2.63 bits per heavy atom. The van der Waals surface area contributed by atoms with Gasteiger partial charge in [0.25, 0.3) is 5.69 Å². The van der Waals surface area contributed by atoms with Gasteiger partial charge >= 0.3 is 0 Å². The minimum atomic E-state index is -0.453. The number of nitrogens with zero attached hydrogens (tertiary/aromatic N) is 4. The van der Waals surface area contributed by atoms with Gasteiger partial charge in [-0.1, -0.05) is 12.1 Å². The van der Waals surface area contributed by atoms with Gasteiger partial charge < -0.3 is 15.5 Å². The molecule has 0 atom stereocenters. The Morgan fingerprint density at radius 2 is 1.93 bits per heavy atom. The van der Waals surface area contributed by atoms with Crippen LogP contribution in [0.25, 0.3) is 6.08 Å². The molecule has 9 nitrogen and oxygen atoms in total. The number of hydrogen-bond acceptors (Lipinski definition) is 7. The van der Waals surface area contributed by atoms with Crippen molar-refractivity contribution in [3.05, 3.63) is 58.3 Å². The summed E-state index contributed by atoms with van der Waals surface area (Å²) >= 11 is 0. The van der Waals surface area contributed by atoms with Gasteiger partial charge in [0, 0.05) is 50.6 Å². The molecule has 3 rings (SSSR count). The SMILES string of the molecule is CN(C)c1ccnc(NC2CCC(NC(=O)/C=C/c3cccc([N+](=O)[O-])c3)CC2)n1. The highest BCUT2D eigenvalue weighted by Gasteiger charge is 2.22. The Kier molecular flexibility index (Phi) is 6.95. The molecular formula is C21H26N6O3. The van der Waals surface area contributed by atoms with E-state index in [1.54, 1.807) is 24.4 Å². The normalized spacial score (nSPS) is 18.7. The number of rotatable bonds is 7. The number of carbonyl (C=O) groups is 1. The monoisotopic (exact) mass is 410 g/mol. The third-order valence-electron chi connectivity index (χ3n) is 5.01. The van der Waals surface area contributed by atoms with E-state index in [0.29, 0.717) is 11.5 Å². The summed E-state index contributed by atoms with van der Waals surface area (Å²) in [5.41, 5.74) is 0.621. The first kappa shape index (κ1) is 21.2. The van der Waals surface area contributed by atoms with Crippen molar-refractivity contribution in [1.82, 2.24) is 15.3 Å². The van der Waals surface area contributed by atoms with E-state index in [9.17, 15) is 14.9 Å². The van der Waals surface area contributed by atoms with Crippen LogP contribution in [-0.4, -0.2) is 47.0 Å². The quantitative estimate of drug-likeness (QED) is 0.410. The molecule has 30 heavy (non-hydrogen) atoms. The largest absolute Gasteiger partial charge is 0.363 e. The Bertz CT molecular complexity index is 922. The lowest BCUT2D eigenvalue weighted by Gasteiger charge is -2.29. The Hall–Kier alpha value is -3.49. The van der Waals surface area contributed by atoms with Crippen LogP contribution >= 0.6 is 0 Å². The summed E-state index contributed by atoms with van der Waals surface area (Å²) in [4.78, 5) is 33.3. The van der Waals surface area contributed by atoms with Crippen LogP contribution in [-0.2, 0) is 4.79 Å². The van der Waals surface area contributed by atoms with Crippen LogP contribution in [0.15, 0.2) is 42.6 Å². The van der Waals surface area contributed by atoms with Crippen molar-refractivity contribution in [3.8, 4) is 0 Å². The minimum Gasteiger partial charge on any atom is -0.363 e. The highest BCUT2D eigenvalue weighted by atomic mass is 16.6. The van der Waals surface area contributed by atoms with Crippen molar-refractivity contribution < 1.29 is 9.72 Å². The molecule has 2 N–H and O–H groups in total. The van der Waals surface area contributed by atoms with Gasteiger partial charge in [-0.05, 0) is 43.4 Å². The summed E-state index contributed by atoms with van der Waals surface area (Å²) in [7, 11) is 3.88. The molecule has 1 aliphatic rings. The fourth-order valence-corrected chi connectivity index (χ4v) is 3.40. The highest BCUT2D eigenvalue weighted by molar-refractivity contribution is 5.92. The maximum Gasteiger partial charge on any atom is 0.270 e. The fourth-order valence-electron chi connectivity index (χ4n) is 3.40. The standard InChI is InChI=1S/C21H26N6O3/c1-26(2)19-12-13-22-21(25-19)24-17-9-7-16(8-10-17)23-20(28)11-6-15-4-3-5-18(14-15)27(29)30/h3-6,11-14,16-17H,7-10H2,1-2H3,(H,23,28)(H,22,24,25)/b11-6+. The third kappa shape index (κ3) is 6.00. The number of anilines is 2. The van der Waals surface area contributed by atoms with E-state index >= 15 is 0 Å². The average molecular weight is 410 g/mol. The molecule has 0 aliphatic heterocycles. The predicted molar refractivity (Wildman–Crippen MR) is 116 cm³/mol. The van der Waals surface area contributed by atoms with Crippen molar-refractivity contribution >= 4 is 29.4 Å². The van der Waals surface area contributed by atoms with E-state index in [0.717, 1.165) is 31.5 Å². The Balaban J connectivity index is 1.46. The second kappa shape index (κ2) is 9.82. The third-order valence-corrected chi connectivity index (χ3v) is 5.01. The molecule has 0 unspecified atom stereocenters. The first-order valence-electron chi connectivity index (χ1n) is 9.90. The van der Waals surface area contributed by atoms with Crippen molar-refractivity contribution in [2.45, 2.75) is 37.8 Å². The fraction of sp³-hybridized carbons (Fsp3) is 0.381. The van der Waals surface area contributed by atoms with E-state index < -0.39 is 4.92 Å². The summed E-state index contributed by atoms with van der Waals surface area (Å²) < 4.78 is 0. The van der Waals surface area contributed by atoms with Gasteiger partial charge in [-0.15, -0.1) is 0 Å². The Labute approximate surface area is 175 Å². The van der Waals surface area contributed by atoms with Gasteiger partial charge in [-0.25, -0.2) is 4.98 Å². The number of aromatic nitrogens is 2. The van der Waals surface area contributed by atoms with E-state index in [4.69, 9.17) is 0 Å². The van der Waals surface area contributed by atoms with Crippen LogP contribution in [0.5, 0.6) is 0 Å². The predicted octanol–water partition coefficient (Wildman–Crippen LogP) is 3.00. The average Bonchev–Trinajstić information content (AvgIpc) is 2.74. The van der Waals surface area contributed by atoms with Crippen molar-refractivity contribution in [2.24, 2.45) is 0 Å². The molecule has 158 valence electrons. The molecule has 1 heterocycles. The molecule has 0 saturated heterocycles. The van der Waals surface area contributed by atoms with Gasteiger partial charge in [-0.2, -0.15) is 4.98 Å². The smallest absolute Gasteiger partial charge is 0.270 e. The molecular weight excluding hydrogens is 384 g/mol. The number of nitro benzene ring substituents is 1. The lowest BCUT2D eigenvalue weighted by molar-refractivity contribution is -0.384. The van der Waals surface area contributed by atoms with Gasteiger partial charge in [0.15, 0.2) is 0 Å². The summed E-state index contributed by atoms with van der Waals surface area (Å²) in [5, 5.41) is 17.2. The van der Waals surface area contributed by atoms with Gasteiger partial charge in [0.05, 0.1) is 4.92 Å². The number of hydrogen-bond donors (Lipinski definition) is 2. The molecule has 1 aromatic heterocycles. The molecule has 1 aliphatic carbocycles. The molecule has 0 radical (unpaired) electrons. The minimum absolute atomic E-state index is 0.00322. The van der Waals surface area contributed by atoms with E-state index in [2.05, 4.69) is 20.6 Å². The molecule has 1 amide bonds. The van der Waals surface area contributed by atoms with Crippen LogP contribution in [0, 0.1) is 10.1 Å². The zero-order chi connectivity index (χ0) is 21.5. The van der Waals surface area contributed by atoms with Crippen LogP contribution in [0.4, 0.5) is 17.5 Å². The molecule has 2 aromatic rings. The van der Waals surface area contributed by atoms with E-state index in [1.807, 2.05) is 25.1 Å². The van der Waals surface area contributed by atoms with Gasteiger partial charge in [-0.3, -0.25) is 14.9 Å². The zero-order valence-electron chi connectivity index (χ0n) is 17.1. The number of carbonyl (C=O) groups excluding carboxylic acids is 1. The maximum atomic E-state index is 12.2. The van der Waals surface area contributed by atoms with Crippen LogP contribution < -0.4 is 15.5 Å². The van der Waals surface area contributed by atoms with Gasteiger partial charge in [0.1, 0.15) is 5.82 Å². The second-order valence-corrected chi connectivity index (χ2v) is 7.52. The number of nitro groups is 1. The summed E-state index contributed by atoms with van der Waals surface area (Å²) in [6, 6.07) is 8.43. The van der Waals surface area contributed by atoms with Crippen molar-refractivity contribution in [3.63, 3.8) is 0 Å². The molecule has 9 heteroatoms. The van der Waals surface area contributed by atoms with Crippen LogP contribution in [0.2, 0.25) is 0 Å². The van der Waals surface area contributed by atoms with E-state index in [1.165, 1.54) is 18.2 Å². The number of amides is 1. The van der Waals surface area contributed by atoms with E-state index in [-0.39, 0.29) is 23.7 Å². The van der Waals surface area contributed by atoms with Crippen LogP contribution in [0.3, 0.4) is 0 Å². The second-order valence-electron chi connectivity index (χ2n) is 7.52. The number of non-ortho nitro benzene ring substituents is 1. The first-order valence-corrected chi connectivity index (χ1v) is 9.90. The number of nitrogens with one attached hydrogen (secondary N) is 2. The molecule has 0 spiro atoms. The molecule has 1 aromatic carbocycles. The van der Waals surface area contributed by atoms with Crippen molar-refractivity contribution in [1.29, 1.82) is 0 Å². The topological polar surface area (TPSA) is 113 Å². The molecule has 1 fully saturated rings. The first-order chi connectivity index (χ1) is 14.4. The lowest BCUT2D eigenvalue weighted by Crippen LogP contribution is -2.39. The zero-order valence-corrected chi connectivity index (χ0v) is 17.1. The van der Waals surface area contributed by atoms with Crippen LogP contribution in [0.1, 0.15) is 31.2 Å². The lowest BCUT2D eigenvalue weighted by atomic mass is 9.91. The molecule has 1 saturated carbocycles. The van der Waals surface area contributed by atoms with Crippen molar-refractivity contribution in [2.75, 3.05) is 24.3 Å². The summed E-state index contributed by atoms with van der Waals surface area (Å²) in [6.07, 6.45) is 8.30. The summed E-state index contributed by atoms with van der Waals surface area (Å²) in [6.45, 7) is 0. The maximum absolute atomic E-state index is 12.2.